The number of carbonyl (C=O) groups excluding carboxylic acids is 1. The Kier molecular flexibility index (Phi) is 5.32. The fraction of sp³-hybridized carbons (Fsp3) is 0.0500. The summed E-state index contributed by atoms with van der Waals surface area (Å²) in [4.78, 5) is 12.3. The highest BCUT2D eigenvalue weighted by atomic mass is 16.1. The number of hydrogen-bond acceptors (Lipinski definition) is 1. The lowest BCUT2D eigenvalue weighted by atomic mass is 10.0. The van der Waals surface area contributed by atoms with Crippen LogP contribution in [0.15, 0.2) is 85.0 Å². The highest BCUT2D eigenvalue weighted by molar-refractivity contribution is 6.01. The molecule has 0 atom stereocenters. The van der Waals surface area contributed by atoms with Crippen LogP contribution in [0.3, 0.4) is 0 Å². The Morgan fingerprint density at radius 3 is 2.24 bits per heavy atom. The normalized spacial score (nSPS) is 10.4. The Hall–Kier alpha value is -2.85. The van der Waals surface area contributed by atoms with E-state index in [1.807, 2.05) is 60.7 Å². The van der Waals surface area contributed by atoms with Crippen molar-refractivity contribution in [1.82, 2.24) is 0 Å². The molecule has 0 saturated heterocycles. The minimum atomic E-state index is 0.00420. The largest absolute Gasteiger partial charge is 0.293 e. The standard InChI is InChI=1S/C20H16O/c1-2-9-19(15-14-17-10-5-3-6-11-17)20(21)16-18-12-7-4-8-13-18/h2-13H,1,16H2. The fourth-order valence-electron chi connectivity index (χ4n) is 1.86. The van der Waals surface area contributed by atoms with Gasteiger partial charge in [0.05, 0.1) is 5.57 Å². The number of carbonyl (C=O) groups is 1. The first-order valence-electron chi connectivity index (χ1n) is 6.76. The third-order valence-electron chi connectivity index (χ3n) is 2.91. The molecule has 2 rings (SSSR count). The van der Waals surface area contributed by atoms with Crippen molar-refractivity contribution < 1.29 is 4.79 Å². The van der Waals surface area contributed by atoms with E-state index in [0.29, 0.717) is 12.0 Å². The molecule has 0 unspecified atom stereocenters. The maximum Gasteiger partial charge on any atom is 0.175 e. The molecule has 0 amide bonds. The predicted molar refractivity (Wildman–Crippen MR) is 86.8 cm³/mol. The average molecular weight is 272 g/mol. The second kappa shape index (κ2) is 7.67. The lowest BCUT2D eigenvalue weighted by molar-refractivity contribution is -0.114. The van der Waals surface area contributed by atoms with E-state index in [9.17, 15) is 4.79 Å². The first-order chi connectivity index (χ1) is 10.3. The summed E-state index contributed by atoms with van der Waals surface area (Å²) < 4.78 is 0. The van der Waals surface area contributed by atoms with Gasteiger partial charge in [-0.05, 0) is 23.8 Å². The molecule has 0 saturated carbocycles. The fourth-order valence-corrected chi connectivity index (χ4v) is 1.86. The summed E-state index contributed by atoms with van der Waals surface area (Å²) in [5.41, 5.74) is 2.36. The molecule has 0 aliphatic heterocycles. The van der Waals surface area contributed by atoms with Crippen LogP contribution in [-0.4, -0.2) is 5.78 Å². The van der Waals surface area contributed by atoms with Crippen LogP contribution in [0.25, 0.3) is 0 Å². The van der Waals surface area contributed by atoms with Gasteiger partial charge in [0.1, 0.15) is 0 Å². The molecule has 0 aliphatic rings. The Labute approximate surface area is 125 Å². The minimum Gasteiger partial charge on any atom is -0.293 e. The highest BCUT2D eigenvalue weighted by Crippen LogP contribution is 2.06. The maximum atomic E-state index is 12.3. The summed E-state index contributed by atoms with van der Waals surface area (Å²) in [5, 5.41) is 0. The van der Waals surface area contributed by atoms with E-state index in [1.165, 1.54) is 0 Å². The number of rotatable bonds is 4. The van der Waals surface area contributed by atoms with Gasteiger partial charge in [0.2, 0.25) is 0 Å². The van der Waals surface area contributed by atoms with Crippen LogP contribution in [0.1, 0.15) is 11.1 Å². The predicted octanol–water partition coefficient (Wildman–Crippen LogP) is 3.96. The molecule has 0 aliphatic carbocycles. The molecule has 0 bridgehead atoms. The van der Waals surface area contributed by atoms with Gasteiger partial charge in [-0.2, -0.15) is 0 Å². The Morgan fingerprint density at radius 1 is 1.00 bits per heavy atom. The molecule has 0 heterocycles. The second-order valence-corrected chi connectivity index (χ2v) is 4.52. The Balaban J connectivity index is 2.17. The number of ketones is 1. The molecule has 1 heteroatoms. The molecule has 0 aromatic heterocycles. The molecular weight excluding hydrogens is 256 g/mol. The topological polar surface area (TPSA) is 17.1 Å². The molecule has 0 fully saturated rings. The third-order valence-corrected chi connectivity index (χ3v) is 2.91. The molecule has 21 heavy (non-hydrogen) atoms. The highest BCUT2D eigenvalue weighted by Gasteiger charge is 2.07. The van der Waals surface area contributed by atoms with Crippen LogP contribution in [-0.2, 0) is 11.2 Å². The van der Waals surface area contributed by atoms with Crippen molar-refractivity contribution in [1.29, 1.82) is 0 Å². The summed E-state index contributed by atoms with van der Waals surface area (Å²) in [5.74, 6) is 5.96. The van der Waals surface area contributed by atoms with Crippen molar-refractivity contribution in [3.8, 4) is 11.8 Å². The first-order valence-corrected chi connectivity index (χ1v) is 6.76. The monoisotopic (exact) mass is 272 g/mol. The van der Waals surface area contributed by atoms with Crippen molar-refractivity contribution >= 4 is 5.78 Å². The van der Waals surface area contributed by atoms with Crippen LogP contribution in [0, 0.1) is 11.8 Å². The molecule has 102 valence electrons. The SMILES string of the molecule is C=CC=C(C#Cc1ccccc1)C(=O)Cc1ccccc1. The van der Waals surface area contributed by atoms with E-state index >= 15 is 0 Å². The number of Topliss-reactive ketones (excluding diaryl/α,β-unsaturated/α-hetero) is 1. The maximum absolute atomic E-state index is 12.3. The molecule has 2 aromatic carbocycles. The molecule has 0 N–H and O–H groups in total. The van der Waals surface area contributed by atoms with Gasteiger partial charge in [-0.25, -0.2) is 0 Å². The van der Waals surface area contributed by atoms with E-state index in [2.05, 4.69) is 18.4 Å². The van der Waals surface area contributed by atoms with E-state index in [4.69, 9.17) is 0 Å². The van der Waals surface area contributed by atoms with Crippen LogP contribution in [0.2, 0.25) is 0 Å². The van der Waals surface area contributed by atoms with Crippen LogP contribution in [0.5, 0.6) is 0 Å². The van der Waals surface area contributed by atoms with Gasteiger partial charge >= 0.3 is 0 Å². The number of allylic oxidation sites excluding steroid dienone is 3. The summed E-state index contributed by atoms with van der Waals surface area (Å²) >= 11 is 0. The molecule has 2 aromatic rings. The van der Waals surface area contributed by atoms with Crippen molar-refractivity contribution in [2.75, 3.05) is 0 Å². The van der Waals surface area contributed by atoms with Crippen LogP contribution < -0.4 is 0 Å². The van der Waals surface area contributed by atoms with Gasteiger partial charge in [-0.1, -0.05) is 73.0 Å². The van der Waals surface area contributed by atoms with E-state index in [1.54, 1.807) is 12.2 Å². The minimum absolute atomic E-state index is 0.00420. The smallest absolute Gasteiger partial charge is 0.175 e. The Bertz CT molecular complexity index is 698. The zero-order valence-corrected chi connectivity index (χ0v) is 11.8. The zero-order chi connectivity index (χ0) is 14.9. The quantitative estimate of drug-likeness (QED) is 0.468. The summed E-state index contributed by atoms with van der Waals surface area (Å²) in [6.07, 6.45) is 3.61. The second-order valence-electron chi connectivity index (χ2n) is 4.52. The first kappa shape index (κ1) is 14.6. The lowest BCUT2D eigenvalue weighted by Gasteiger charge is -2.00. The van der Waals surface area contributed by atoms with Gasteiger partial charge in [-0.15, -0.1) is 0 Å². The van der Waals surface area contributed by atoms with E-state index < -0.39 is 0 Å². The van der Waals surface area contributed by atoms with Crippen molar-refractivity contribution in [2.45, 2.75) is 6.42 Å². The van der Waals surface area contributed by atoms with Gasteiger partial charge in [0.15, 0.2) is 5.78 Å². The molecular formula is C20H16O. The van der Waals surface area contributed by atoms with Crippen molar-refractivity contribution in [2.24, 2.45) is 0 Å². The van der Waals surface area contributed by atoms with Gasteiger partial charge in [0, 0.05) is 12.0 Å². The Morgan fingerprint density at radius 2 is 1.62 bits per heavy atom. The average Bonchev–Trinajstić information content (AvgIpc) is 2.53. The summed E-state index contributed by atoms with van der Waals surface area (Å²) in [6.45, 7) is 3.65. The van der Waals surface area contributed by atoms with E-state index in [-0.39, 0.29) is 5.78 Å². The van der Waals surface area contributed by atoms with Crippen LogP contribution in [0.4, 0.5) is 0 Å². The summed E-state index contributed by atoms with van der Waals surface area (Å²) in [6, 6.07) is 19.3. The van der Waals surface area contributed by atoms with Gasteiger partial charge in [-0.3, -0.25) is 4.79 Å². The van der Waals surface area contributed by atoms with Gasteiger partial charge < -0.3 is 0 Å². The number of hydrogen-bond donors (Lipinski definition) is 0. The van der Waals surface area contributed by atoms with Crippen molar-refractivity contribution in [3.63, 3.8) is 0 Å². The summed E-state index contributed by atoms with van der Waals surface area (Å²) in [7, 11) is 0. The number of benzene rings is 2. The van der Waals surface area contributed by atoms with Crippen LogP contribution >= 0.6 is 0 Å². The zero-order valence-electron chi connectivity index (χ0n) is 11.8. The van der Waals surface area contributed by atoms with E-state index in [0.717, 1.165) is 11.1 Å². The van der Waals surface area contributed by atoms with Crippen molar-refractivity contribution in [3.05, 3.63) is 96.1 Å². The lowest BCUT2D eigenvalue weighted by Crippen LogP contribution is -2.05. The van der Waals surface area contributed by atoms with Gasteiger partial charge in [0.25, 0.3) is 0 Å². The molecule has 1 nitrogen and oxygen atoms in total. The molecule has 0 spiro atoms. The molecule has 0 radical (unpaired) electrons. The third kappa shape index (κ3) is 4.63.